The molecule has 3 nitrogen and oxygen atoms in total. The van der Waals surface area contributed by atoms with Gasteiger partial charge in [0.25, 0.3) is 0 Å². The summed E-state index contributed by atoms with van der Waals surface area (Å²) in [6, 6.07) is 15.3. The Kier molecular flexibility index (Phi) is 5.30. The summed E-state index contributed by atoms with van der Waals surface area (Å²) in [4.78, 5) is 12.6. The van der Waals surface area contributed by atoms with Crippen molar-refractivity contribution in [1.29, 1.82) is 0 Å². The number of carbonyl (C=O) groups excluding carboxylic acids is 1. The van der Waals surface area contributed by atoms with Gasteiger partial charge in [0.2, 0.25) is 5.91 Å². The molecule has 0 saturated carbocycles. The largest absolute Gasteiger partial charge is 0.496 e. The molecule has 3 rings (SSSR count). The van der Waals surface area contributed by atoms with E-state index in [0.29, 0.717) is 10.8 Å². The third kappa shape index (κ3) is 3.97. The fourth-order valence-corrected chi connectivity index (χ4v) is 3.35. The lowest BCUT2D eigenvalue weighted by Gasteiger charge is -2.13. The molecule has 0 radical (unpaired) electrons. The van der Waals surface area contributed by atoms with Gasteiger partial charge in [0.05, 0.1) is 13.5 Å². The van der Waals surface area contributed by atoms with Crippen molar-refractivity contribution in [3.8, 4) is 5.75 Å². The lowest BCUT2D eigenvalue weighted by molar-refractivity contribution is -0.115. The van der Waals surface area contributed by atoms with Crippen LogP contribution in [0.2, 0.25) is 5.02 Å². The van der Waals surface area contributed by atoms with Crippen molar-refractivity contribution < 1.29 is 9.53 Å². The number of fused-ring (bicyclic) bond motifs is 1. The minimum Gasteiger partial charge on any atom is -0.496 e. The van der Waals surface area contributed by atoms with Crippen LogP contribution in [0.25, 0.3) is 10.8 Å². The number of hydrogen-bond acceptors (Lipinski definition) is 2. The van der Waals surface area contributed by atoms with Gasteiger partial charge in [-0.25, -0.2) is 0 Å². The number of hydrogen-bond donors (Lipinski definition) is 1. The first-order valence-corrected chi connectivity index (χ1v) is 8.96. The summed E-state index contributed by atoms with van der Waals surface area (Å²) in [6.45, 7) is 1.93. The predicted octanol–water partition coefficient (Wildman–Crippen LogP) is 5.75. The molecule has 5 heteroatoms. The number of rotatable bonds is 4. The highest BCUT2D eigenvalue weighted by atomic mass is 79.9. The van der Waals surface area contributed by atoms with Crippen molar-refractivity contribution in [3.05, 3.63) is 69.2 Å². The van der Waals surface area contributed by atoms with Crippen LogP contribution in [0.4, 0.5) is 5.69 Å². The average molecular weight is 419 g/mol. The molecule has 0 unspecified atom stereocenters. The Morgan fingerprint density at radius 2 is 1.96 bits per heavy atom. The average Bonchev–Trinajstić information content (AvgIpc) is 2.58. The van der Waals surface area contributed by atoms with E-state index in [1.807, 2.05) is 43.3 Å². The molecule has 0 aliphatic heterocycles. The molecule has 0 atom stereocenters. The molecule has 3 aromatic rings. The summed E-state index contributed by atoms with van der Waals surface area (Å²) in [5, 5.41) is 5.58. The molecule has 3 aromatic carbocycles. The monoisotopic (exact) mass is 417 g/mol. The van der Waals surface area contributed by atoms with Crippen molar-refractivity contribution in [2.45, 2.75) is 13.3 Å². The molecule has 1 amide bonds. The number of aryl methyl sites for hydroxylation is 1. The molecule has 128 valence electrons. The maximum absolute atomic E-state index is 12.6. The van der Waals surface area contributed by atoms with Gasteiger partial charge in [0, 0.05) is 20.7 Å². The molecule has 0 heterocycles. The Hall–Kier alpha value is -2.04. The second-order valence-electron chi connectivity index (χ2n) is 5.80. The summed E-state index contributed by atoms with van der Waals surface area (Å²) >= 11 is 9.50. The van der Waals surface area contributed by atoms with Crippen molar-refractivity contribution in [2.24, 2.45) is 0 Å². The van der Waals surface area contributed by atoms with Crippen LogP contribution in [-0.2, 0) is 11.2 Å². The van der Waals surface area contributed by atoms with E-state index < -0.39 is 0 Å². The summed E-state index contributed by atoms with van der Waals surface area (Å²) in [5.74, 6) is 0.590. The van der Waals surface area contributed by atoms with Gasteiger partial charge in [-0.2, -0.15) is 0 Å². The van der Waals surface area contributed by atoms with Gasteiger partial charge in [-0.1, -0.05) is 45.7 Å². The lowest BCUT2D eigenvalue weighted by atomic mass is 10.0. The molecule has 0 aliphatic carbocycles. The van der Waals surface area contributed by atoms with E-state index in [1.54, 1.807) is 19.2 Å². The Balaban J connectivity index is 1.93. The van der Waals surface area contributed by atoms with Gasteiger partial charge in [0.15, 0.2) is 0 Å². The van der Waals surface area contributed by atoms with Crippen LogP contribution >= 0.6 is 27.5 Å². The number of ether oxygens (including phenoxy) is 1. The van der Waals surface area contributed by atoms with E-state index in [1.165, 1.54) is 0 Å². The number of carbonyl (C=O) groups is 1. The Morgan fingerprint density at radius 1 is 1.16 bits per heavy atom. The van der Waals surface area contributed by atoms with Crippen LogP contribution in [0.3, 0.4) is 0 Å². The Morgan fingerprint density at radius 3 is 2.72 bits per heavy atom. The van der Waals surface area contributed by atoms with Crippen molar-refractivity contribution >= 4 is 49.9 Å². The molecule has 25 heavy (non-hydrogen) atoms. The highest BCUT2D eigenvalue weighted by Crippen LogP contribution is 2.31. The molecular weight excluding hydrogens is 402 g/mol. The third-order valence-corrected chi connectivity index (χ3v) is 4.81. The minimum atomic E-state index is -0.112. The van der Waals surface area contributed by atoms with Gasteiger partial charge in [-0.15, -0.1) is 0 Å². The normalized spacial score (nSPS) is 10.7. The summed E-state index contributed by atoms with van der Waals surface area (Å²) in [6.07, 6.45) is 0.216. The van der Waals surface area contributed by atoms with E-state index in [-0.39, 0.29) is 12.3 Å². The van der Waals surface area contributed by atoms with Crippen molar-refractivity contribution in [3.63, 3.8) is 0 Å². The maximum atomic E-state index is 12.6. The number of benzene rings is 3. The SMILES string of the molecule is COc1ccc2cc(Br)ccc2c1CC(=O)Nc1cc(Cl)ccc1C. The number of halogens is 2. The van der Waals surface area contributed by atoms with Crippen LogP contribution in [0.1, 0.15) is 11.1 Å². The molecule has 1 N–H and O–H groups in total. The van der Waals surface area contributed by atoms with E-state index in [4.69, 9.17) is 16.3 Å². The van der Waals surface area contributed by atoms with Crippen LogP contribution in [0.15, 0.2) is 53.0 Å². The van der Waals surface area contributed by atoms with E-state index in [9.17, 15) is 4.79 Å². The lowest BCUT2D eigenvalue weighted by Crippen LogP contribution is -2.16. The summed E-state index contributed by atoms with van der Waals surface area (Å²) in [5.41, 5.74) is 2.55. The molecule has 0 saturated heterocycles. The second kappa shape index (κ2) is 7.46. The van der Waals surface area contributed by atoms with Crippen LogP contribution in [-0.4, -0.2) is 13.0 Å². The zero-order chi connectivity index (χ0) is 18.0. The first kappa shape index (κ1) is 17.8. The van der Waals surface area contributed by atoms with Crippen LogP contribution in [0, 0.1) is 6.92 Å². The first-order valence-electron chi connectivity index (χ1n) is 7.79. The van der Waals surface area contributed by atoms with E-state index >= 15 is 0 Å². The minimum absolute atomic E-state index is 0.112. The smallest absolute Gasteiger partial charge is 0.228 e. The predicted molar refractivity (Wildman–Crippen MR) is 107 cm³/mol. The van der Waals surface area contributed by atoms with Crippen LogP contribution in [0.5, 0.6) is 5.75 Å². The van der Waals surface area contributed by atoms with E-state index in [0.717, 1.165) is 32.1 Å². The van der Waals surface area contributed by atoms with Gasteiger partial charge >= 0.3 is 0 Å². The number of amides is 1. The van der Waals surface area contributed by atoms with Gasteiger partial charge in [-0.05, 0) is 53.6 Å². The van der Waals surface area contributed by atoms with Gasteiger partial charge in [0.1, 0.15) is 5.75 Å². The molecule has 0 fully saturated rings. The standard InChI is InChI=1S/C20H17BrClNO2/c1-12-3-6-15(22)10-18(12)23-20(24)11-17-16-7-5-14(21)9-13(16)4-8-19(17)25-2/h3-10H,11H2,1-2H3,(H,23,24). The number of nitrogens with one attached hydrogen (secondary N) is 1. The fourth-order valence-electron chi connectivity index (χ4n) is 2.80. The van der Waals surface area contributed by atoms with Crippen LogP contribution < -0.4 is 10.1 Å². The Bertz CT molecular complexity index is 956. The number of methoxy groups -OCH3 is 1. The number of anilines is 1. The first-order chi connectivity index (χ1) is 12.0. The third-order valence-electron chi connectivity index (χ3n) is 4.08. The Labute approximate surface area is 160 Å². The zero-order valence-corrected chi connectivity index (χ0v) is 16.2. The molecule has 0 aromatic heterocycles. The quantitative estimate of drug-likeness (QED) is 0.585. The molecular formula is C20H17BrClNO2. The molecule has 0 aliphatic rings. The van der Waals surface area contributed by atoms with Gasteiger partial charge < -0.3 is 10.1 Å². The summed E-state index contributed by atoms with van der Waals surface area (Å²) < 4.78 is 6.46. The second-order valence-corrected chi connectivity index (χ2v) is 7.15. The zero-order valence-electron chi connectivity index (χ0n) is 13.9. The fraction of sp³-hybridized carbons (Fsp3) is 0.150. The molecule has 0 bridgehead atoms. The highest BCUT2D eigenvalue weighted by molar-refractivity contribution is 9.10. The van der Waals surface area contributed by atoms with Crippen molar-refractivity contribution in [1.82, 2.24) is 0 Å². The maximum Gasteiger partial charge on any atom is 0.228 e. The topological polar surface area (TPSA) is 38.3 Å². The molecule has 0 spiro atoms. The van der Waals surface area contributed by atoms with E-state index in [2.05, 4.69) is 21.2 Å². The highest BCUT2D eigenvalue weighted by Gasteiger charge is 2.14. The summed E-state index contributed by atoms with van der Waals surface area (Å²) in [7, 11) is 1.61. The van der Waals surface area contributed by atoms with Gasteiger partial charge in [-0.3, -0.25) is 4.79 Å². The van der Waals surface area contributed by atoms with Crippen molar-refractivity contribution in [2.75, 3.05) is 12.4 Å².